The fourth-order valence-electron chi connectivity index (χ4n) is 8.71. The molecule has 0 saturated carbocycles. The van der Waals surface area contributed by atoms with Crippen LogP contribution in [0, 0.1) is 11.6 Å². The molecule has 6 aromatic carbocycles. The van der Waals surface area contributed by atoms with E-state index in [4.69, 9.17) is 28.4 Å². The number of rotatable bonds is 12. The van der Waals surface area contributed by atoms with Crippen molar-refractivity contribution in [2.75, 3.05) is 39.1 Å². The zero-order chi connectivity index (χ0) is 45.8. The van der Waals surface area contributed by atoms with Crippen molar-refractivity contribution in [3.05, 3.63) is 155 Å². The maximum atomic E-state index is 13.9. The monoisotopic (exact) mass is 866 g/mol. The molecular weight excluding hydrogens is 811 g/mol. The first-order valence-electron chi connectivity index (χ1n) is 21.1. The van der Waals surface area contributed by atoms with Gasteiger partial charge in [0.1, 0.15) is 47.8 Å². The Morgan fingerprint density at radius 2 is 0.906 bits per heavy atom. The summed E-state index contributed by atoms with van der Waals surface area (Å²) in [4.78, 5) is 0. The lowest BCUT2D eigenvalue weighted by molar-refractivity contribution is 0.284. The van der Waals surface area contributed by atoms with E-state index in [-0.39, 0.29) is 22.7 Å². The van der Waals surface area contributed by atoms with Gasteiger partial charge in [0.2, 0.25) is 0 Å². The maximum absolute atomic E-state index is 13.9. The molecule has 10 heteroatoms. The Balaban J connectivity index is 0.000000191. The fraction of sp³-hybridized carbons (Fsp3) is 0.259. The maximum Gasteiger partial charge on any atom is 0.161 e. The van der Waals surface area contributed by atoms with Crippen LogP contribution in [0.25, 0.3) is 33.4 Å². The highest BCUT2D eigenvalue weighted by molar-refractivity contribution is 5.90. The summed E-state index contributed by atoms with van der Waals surface area (Å²) in [7, 11) is 6.36. The van der Waals surface area contributed by atoms with Gasteiger partial charge >= 0.3 is 0 Å². The van der Waals surface area contributed by atoms with E-state index in [0.29, 0.717) is 42.0 Å². The van der Waals surface area contributed by atoms with Crippen molar-refractivity contribution in [3.63, 3.8) is 0 Å². The second-order valence-corrected chi connectivity index (χ2v) is 17.0. The summed E-state index contributed by atoms with van der Waals surface area (Å²) >= 11 is 0. The highest BCUT2D eigenvalue weighted by Gasteiger charge is 2.29. The van der Waals surface area contributed by atoms with Gasteiger partial charge in [-0.25, -0.2) is 8.78 Å². The van der Waals surface area contributed by atoms with Crippen molar-refractivity contribution in [3.8, 4) is 56.8 Å². The van der Waals surface area contributed by atoms with Crippen LogP contribution in [0.2, 0.25) is 0 Å². The van der Waals surface area contributed by atoms with Gasteiger partial charge in [-0.3, -0.25) is 0 Å². The van der Waals surface area contributed by atoms with Crippen LogP contribution in [0.4, 0.5) is 20.2 Å². The van der Waals surface area contributed by atoms with E-state index in [0.717, 1.165) is 72.8 Å². The normalized spacial score (nSPS) is 14.1. The highest BCUT2D eigenvalue weighted by atomic mass is 19.1. The van der Waals surface area contributed by atoms with Crippen LogP contribution in [0.15, 0.2) is 121 Å². The van der Waals surface area contributed by atoms with E-state index in [1.54, 1.807) is 40.6 Å². The molecule has 0 aromatic heterocycles. The van der Waals surface area contributed by atoms with Crippen molar-refractivity contribution in [2.24, 2.45) is 0 Å². The average Bonchev–Trinajstić information content (AvgIpc) is 3.26. The molecule has 6 aromatic rings. The van der Waals surface area contributed by atoms with Crippen LogP contribution in [0.5, 0.6) is 34.5 Å². The summed E-state index contributed by atoms with van der Waals surface area (Å²) in [6.45, 7) is 13.4. The number of benzene rings is 6. The summed E-state index contributed by atoms with van der Waals surface area (Å²) in [5, 5.41) is 7.19. The van der Waals surface area contributed by atoms with Crippen LogP contribution in [0.3, 0.4) is 0 Å². The van der Waals surface area contributed by atoms with Gasteiger partial charge in [-0.05, 0) is 124 Å². The van der Waals surface area contributed by atoms with Gasteiger partial charge in [-0.15, -0.1) is 0 Å². The molecule has 0 atom stereocenters. The van der Waals surface area contributed by atoms with Gasteiger partial charge in [-0.2, -0.15) is 0 Å². The molecule has 0 unspecified atom stereocenters. The molecule has 0 amide bonds. The SMILES string of the molecule is COc1cccc(OCc2c(-c3ccc(F)cc3OC)ccc3c2C(C)=CC(C)(C)N3)c1.COc1ccccc1OCc1c(-c2ccc(F)cc2OC)ccc2c1C(C)=CC(C)(C)N2. The predicted octanol–water partition coefficient (Wildman–Crippen LogP) is 13.4. The number of halogens is 2. The Kier molecular flexibility index (Phi) is 13.3. The number of hydrogen-bond donors (Lipinski definition) is 2. The van der Waals surface area contributed by atoms with E-state index in [2.05, 4.69) is 76.5 Å². The van der Waals surface area contributed by atoms with E-state index in [1.807, 2.05) is 60.7 Å². The molecule has 0 radical (unpaired) electrons. The predicted molar refractivity (Wildman–Crippen MR) is 254 cm³/mol. The molecule has 2 N–H and O–H groups in total. The number of allylic oxidation sites excluding steroid dienone is 2. The third-order valence-electron chi connectivity index (χ3n) is 11.3. The average molecular weight is 867 g/mol. The van der Waals surface area contributed by atoms with Crippen LogP contribution in [0.1, 0.15) is 63.8 Å². The van der Waals surface area contributed by atoms with E-state index in [9.17, 15) is 8.78 Å². The van der Waals surface area contributed by atoms with Crippen LogP contribution < -0.4 is 39.1 Å². The first kappa shape index (κ1) is 45.1. The lowest BCUT2D eigenvalue weighted by atomic mass is 9.85. The highest BCUT2D eigenvalue weighted by Crippen LogP contribution is 2.45. The van der Waals surface area contributed by atoms with E-state index >= 15 is 0 Å². The molecule has 0 spiro atoms. The molecule has 2 heterocycles. The van der Waals surface area contributed by atoms with Gasteiger partial charge in [0.15, 0.2) is 11.5 Å². The van der Waals surface area contributed by atoms with Crippen molar-refractivity contribution >= 4 is 22.5 Å². The standard InChI is InChI=1S/2C27H28FNO3/c1-17-15-27(2,3)29-24-12-11-21(22-10-9-18(28)13-25(22)31-5)23(26(17)24)16-32-20-8-6-7-19(14-20)30-4;1-17-15-27(2,3)29-22-13-12-19(20-11-10-18(28)14-25(20)31-5)21(26(17)22)16-32-24-9-7-6-8-23(24)30-4/h2*6-15,29H,16H2,1-5H3. The molecule has 2 aliphatic rings. The summed E-state index contributed by atoms with van der Waals surface area (Å²) in [6.07, 6.45) is 4.43. The summed E-state index contributed by atoms with van der Waals surface area (Å²) in [5.41, 5.74) is 11.8. The fourth-order valence-corrected chi connectivity index (χ4v) is 8.71. The molecule has 8 rings (SSSR count). The Morgan fingerprint density at radius 1 is 0.453 bits per heavy atom. The molecule has 0 fully saturated rings. The molecule has 332 valence electrons. The van der Waals surface area contributed by atoms with Crippen LogP contribution in [-0.2, 0) is 13.2 Å². The molecule has 8 nitrogen and oxygen atoms in total. The Morgan fingerprint density at radius 3 is 1.39 bits per heavy atom. The molecule has 0 saturated heterocycles. The van der Waals surface area contributed by atoms with Crippen molar-refractivity contribution in [1.29, 1.82) is 0 Å². The van der Waals surface area contributed by atoms with Gasteiger partial charge in [0, 0.05) is 63.0 Å². The topological polar surface area (TPSA) is 79.4 Å². The number of fused-ring (bicyclic) bond motifs is 2. The van der Waals surface area contributed by atoms with Gasteiger partial charge < -0.3 is 39.1 Å². The third kappa shape index (κ3) is 9.81. The summed E-state index contributed by atoms with van der Waals surface area (Å²) < 4.78 is 62.0. The van der Waals surface area contributed by atoms with Crippen LogP contribution >= 0.6 is 0 Å². The largest absolute Gasteiger partial charge is 0.497 e. The smallest absolute Gasteiger partial charge is 0.161 e. The van der Waals surface area contributed by atoms with Crippen LogP contribution in [-0.4, -0.2) is 39.5 Å². The first-order valence-corrected chi connectivity index (χ1v) is 21.1. The Labute approximate surface area is 375 Å². The Hall–Kier alpha value is -6.94. The number of ether oxygens (including phenoxy) is 6. The zero-order valence-electron chi connectivity index (χ0n) is 38.2. The van der Waals surface area contributed by atoms with Gasteiger partial charge in [-0.1, -0.05) is 42.5 Å². The van der Waals surface area contributed by atoms with E-state index in [1.165, 1.54) is 24.3 Å². The van der Waals surface area contributed by atoms with Crippen molar-refractivity contribution in [1.82, 2.24) is 0 Å². The van der Waals surface area contributed by atoms with Crippen molar-refractivity contribution < 1.29 is 37.2 Å². The lowest BCUT2D eigenvalue weighted by Crippen LogP contribution is -2.32. The van der Waals surface area contributed by atoms with Gasteiger partial charge in [0.25, 0.3) is 0 Å². The number of anilines is 2. The lowest BCUT2D eigenvalue weighted by Gasteiger charge is -2.33. The molecular formula is C54H56F2N2O6. The van der Waals surface area contributed by atoms with E-state index < -0.39 is 0 Å². The molecule has 0 aliphatic carbocycles. The second kappa shape index (κ2) is 18.8. The van der Waals surface area contributed by atoms with Crippen molar-refractivity contribution in [2.45, 2.75) is 65.8 Å². The number of hydrogen-bond acceptors (Lipinski definition) is 8. The minimum absolute atomic E-state index is 0.156. The second-order valence-electron chi connectivity index (χ2n) is 17.0. The quantitative estimate of drug-likeness (QED) is 0.126. The minimum atomic E-state index is -0.338. The summed E-state index contributed by atoms with van der Waals surface area (Å²) in [5.74, 6) is 3.07. The Bertz CT molecular complexity index is 2740. The third-order valence-corrected chi connectivity index (χ3v) is 11.3. The minimum Gasteiger partial charge on any atom is -0.497 e. The summed E-state index contributed by atoms with van der Waals surface area (Å²) in [6, 6.07) is 32.6. The molecule has 64 heavy (non-hydrogen) atoms. The molecule has 0 bridgehead atoms. The zero-order valence-corrected chi connectivity index (χ0v) is 38.2. The van der Waals surface area contributed by atoms with Gasteiger partial charge in [0.05, 0.1) is 39.5 Å². The molecule has 2 aliphatic heterocycles. The first-order chi connectivity index (χ1) is 30.6. The number of methoxy groups -OCH3 is 4. The number of nitrogens with one attached hydrogen (secondary N) is 2. The number of para-hydroxylation sites is 2.